The van der Waals surface area contributed by atoms with Crippen LogP contribution in [0.15, 0.2) is 42.5 Å². The Bertz CT molecular complexity index is 1020. The second kappa shape index (κ2) is 6.92. The van der Waals surface area contributed by atoms with E-state index >= 15 is 0 Å². The van der Waals surface area contributed by atoms with Crippen LogP contribution in [0, 0.1) is 11.6 Å². The van der Waals surface area contributed by atoms with Gasteiger partial charge in [-0.1, -0.05) is 6.07 Å². The number of hydrogen-bond donors (Lipinski definition) is 1. The minimum absolute atomic E-state index is 0.118. The fourth-order valence-electron chi connectivity index (χ4n) is 3.40. The van der Waals surface area contributed by atoms with Crippen LogP contribution >= 0.6 is 0 Å². The normalized spacial score (nSPS) is 14.3. The highest BCUT2D eigenvalue weighted by Gasteiger charge is 2.31. The zero-order valence-corrected chi connectivity index (χ0v) is 14.7. The summed E-state index contributed by atoms with van der Waals surface area (Å²) in [4.78, 5) is 0. The van der Waals surface area contributed by atoms with E-state index < -0.39 is 23.4 Å². The fourth-order valence-corrected chi connectivity index (χ4v) is 3.40. The SMILES string of the molecule is Fc1ccc(-c2nn(-c3cccc(C(F)(F)F)c3)c3c2CCCCN3)c(F)c1. The van der Waals surface area contributed by atoms with E-state index in [-0.39, 0.29) is 11.3 Å². The first-order valence-electron chi connectivity index (χ1n) is 8.83. The molecule has 3 aromatic rings. The van der Waals surface area contributed by atoms with Crippen LogP contribution in [0.25, 0.3) is 16.9 Å². The molecule has 1 aromatic heterocycles. The molecule has 146 valence electrons. The summed E-state index contributed by atoms with van der Waals surface area (Å²) >= 11 is 0. The molecule has 2 heterocycles. The van der Waals surface area contributed by atoms with Crippen LogP contribution in [0.3, 0.4) is 0 Å². The number of alkyl halides is 3. The second-order valence-electron chi connectivity index (χ2n) is 6.64. The predicted octanol–water partition coefficient (Wildman–Crippen LogP) is 5.58. The number of benzene rings is 2. The van der Waals surface area contributed by atoms with Gasteiger partial charge < -0.3 is 5.32 Å². The summed E-state index contributed by atoms with van der Waals surface area (Å²) in [7, 11) is 0. The van der Waals surface area contributed by atoms with Gasteiger partial charge in [-0.3, -0.25) is 0 Å². The maximum Gasteiger partial charge on any atom is 0.416 e. The Morgan fingerprint density at radius 1 is 1.00 bits per heavy atom. The number of hydrogen-bond acceptors (Lipinski definition) is 2. The lowest BCUT2D eigenvalue weighted by Crippen LogP contribution is -2.09. The highest BCUT2D eigenvalue weighted by atomic mass is 19.4. The summed E-state index contributed by atoms with van der Waals surface area (Å²) in [5.41, 5.74) is 0.554. The van der Waals surface area contributed by atoms with Crippen LogP contribution in [0.2, 0.25) is 0 Å². The van der Waals surface area contributed by atoms with Crippen LogP contribution in [0.1, 0.15) is 24.0 Å². The largest absolute Gasteiger partial charge is 0.416 e. The zero-order chi connectivity index (χ0) is 19.9. The molecule has 0 fully saturated rings. The fraction of sp³-hybridized carbons (Fsp3) is 0.250. The van der Waals surface area contributed by atoms with Gasteiger partial charge in [0.05, 0.1) is 11.3 Å². The molecule has 1 aliphatic rings. The standard InChI is InChI=1S/C20H16F5N3/c21-13-7-8-15(17(22)11-13)18-16-6-1-2-9-26-19(16)28(27-18)14-5-3-4-12(10-14)20(23,24)25/h3-5,7-8,10-11,26H,1-2,6,9H2. The third-order valence-corrected chi connectivity index (χ3v) is 4.73. The smallest absolute Gasteiger partial charge is 0.370 e. The maximum absolute atomic E-state index is 14.4. The Labute approximate surface area is 157 Å². The Morgan fingerprint density at radius 2 is 1.82 bits per heavy atom. The lowest BCUT2D eigenvalue weighted by Gasteiger charge is -2.12. The molecule has 1 aliphatic heterocycles. The van der Waals surface area contributed by atoms with Gasteiger partial charge in [-0.2, -0.15) is 18.3 Å². The lowest BCUT2D eigenvalue weighted by molar-refractivity contribution is -0.137. The van der Waals surface area contributed by atoms with Gasteiger partial charge in [0.15, 0.2) is 0 Å². The van der Waals surface area contributed by atoms with Gasteiger partial charge in [-0.05, 0) is 49.6 Å². The first kappa shape index (κ1) is 18.5. The number of halogens is 5. The maximum atomic E-state index is 14.4. The number of anilines is 1. The van der Waals surface area contributed by atoms with Crippen molar-refractivity contribution in [1.82, 2.24) is 9.78 Å². The second-order valence-corrected chi connectivity index (χ2v) is 6.64. The van der Waals surface area contributed by atoms with Crippen LogP contribution < -0.4 is 5.32 Å². The molecule has 0 bridgehead atoms. The van der Waals surface area contributed by atoms with Crippen molar-refractivity contribution in [3.63, 3.8) is 0 Å². The van der Waals surface area contributed by atoms with E-state index in [0.717, 1.165) is 37.1 Å². The van der Waals surface area contributed by atoms with Crippen molar-refractivity contribution >= 4 is 5.82 Å². The summed E-state index contributed by atoms with van der Waals surface area (Å²) in [6.07, 6.45) is -2.21. The van der Waals surface area contributed by atoms with E-state index in [1.807, 2.05) is 0 Å². The molecule has 0 saturated carbocycles. The first-order valence-corrected chi connectivity index (χ1v) is 8.83. The Morgan fingerprint density at radius 3 is 2.57 bits per heavy atom. The van der Waals surface area contributed by atoms with Crippen molar-refractivity contribution in [2.45, 2.75) is 25.4 Å². The van der Waals surface area contributed by atoms with Crippen LogP contribution in [0.5, 0.6) is 0 Å². The Hall–Kier alpha value is -2.90. The summed E-state index contributed by atoms with van der Waals surface area (Å²) in [5.74, 6) is -0.931. The van der Waals surface area contributed by atoms with Crippen LogP contribution in [-0.2, 0) is 12.6 Å². The summed E-state index contributed by atoms with van der Waals surface area (Å²) < 4.78 is 68.4. The van der Waals surface area contributed by atoms with Gasteiger partial charge in [0.2, 0.25) is 0 Å². The average Bonchev–Trinajstić information content (AvgIpc) is 2.83. The zero-order valence-electron chi connectivity index (χ0n) is 14.7. The molecule has 3 nitrogen and oxygen atoms in total. The molecule has 0 aliphatic carbocycles. The van der Waals surface area contributed by atoms with Crippen LogP contribution in [0.4, 0.5) is 27.8 Å². The minimum atomic E-state index is -4.49. The van der Waals surface area contributed by atoms with Crippen molar-refractivity contribution in [3.05, 3.63) is 65.2 Å². The number of aromatic nitrogens is 2. The molecule has 4 rings (SSSR count). The van der Waals surface area contributed by atoms with Crippen LogP contribution in [-0.4, -0.2) is 16.3 Å². The van der Waals surface area contributed by atoms with Crippen molar-refractivity contribution in [3.8, 4) is 16.9 Å². The summed E-state index contributed by atoms with van der Waals surface area (Å²) in [5, 5.41) is 7.61. The minimum Gasteiger partial charge on any atom is -0.370 e. The average molecular weight is 393 g/mol. The molecule has 0 radical (unpaired) electrons. The van der Waals surface area contributed by atoms with E-state index in [0.29, 0.717) is 30.0 Å². The number of nitrogens with zero attached hydrogens (tertiary/aromatic N) is 2. The molecule has 28 heavy (non-hydrogen) atoms. The van der Waals surface area contributed by atoms with E-state index in [4.69, 9.17) is 0 Å². The van der Waals surface area contributed by atoms with E-state index in [9.17, 15) is 22.0 Å². The van der Waals surface area contributed by atoms with E-state index in [1.54, 1.807) is 0 Å². The molecule has 1 N–H and O–H groups in total. The number of fused-ring (bicyclic) bond motifs is 1. The lowest BCUT2D eigenvalue weighted by atomic mass is 10.0. The first-order chi connectivity index (χ1) is 13.3. The highest BCUT2D eigenvalue weighted by Crippen LogP contribution is 2.36. The molecule has 2 aromatic carbocycles. The van der Waals surface area contributed by atoms with Gasteiger partial charge in [-0.25, -0.2) is 13.5 Å². The molecule has 0 saturated heterocycles. The quantitative estimate of drug-likeness (QED) is 0.576. The molecular weight excluding hydrogens is 377 g/mol. The molecule has 0 amide bonds. The summed E-state index contributed by atoms with van der Waals surface area (Å²) in [6.45, 7) is 0.628. The van der Waals surface area contributed by atoms with Gasteiger partial charge in [0.25, 0.3) is 0 Å². The van der Waals surface area contributed by atoms with Gasteiger partial charge in [-0.15, -0.1) is 0 Å². The van der Waals surface area contributed by atoms with Gasteiger partial charge in [0, 0.05) is 23.7 Å². The molecule has 8 heteroatoms. The van der Waals surface area contributed by atoms with Crippen molar-refractivity contribution < 1.29 is 22.0 Å². The Kier molecular flexibility index (Phi) is 4.56. The third-order valence-electron chi connectivity index (χ3n) is 4.73. The number of nitrogens with one attached hydrogen (secondary N) is 1. The van der Waals surface area contributed by atoms with Crippen molar-refractivity contribution in [2.24, 2.45) is 0 Å². The monoisotopic (exact) mass is 393 g/mol. The van der Waals surface area contributed by atoms with Crippen molar-refractivity contribution in [2.75, 3.05) is 11.9 Å². The third kappa shape index (κ3) is 3.34. The van der Waals surface area contributed by atoms with E-state index in [2.05, 4.69) is 10.4 Å². The van der Waals surface area contributed by atoms with Gasteiger partial charge in [0.1, 0.15) is 23.1 Å². The molecule has 0 spiro atoms. The predicted molar refractivity (Wildman–Crippen MR) is 95.3 cm³/mol. The number of rotatable bonds is 2. The Balaban J connectivity index is 1.91. The topological polar surface area (TPSA) is 29.9 Å². The summed E-state index contributed by atoms with van der Waals surface area (Å²) in [6, 6.07) is 8.02. The highest BCUT2D eigenvalue weighted by molar-refractivity contribution is 5.71. The van der Waals surface area contributed by atoms with Gasteiger partial charge >= 0.3 is 6.18 Å². The van der Waals surface area contributed by atoms with Crippen molar-refractivity contribution in [1.29, 1.82) is 0 Å². The molecular formula is C20H16F5N3. The van der Waals surface area contributed by atoms with E-state index in [1.165, 1.54) is 22.9 Å². The molecule has 0 atom stereocenters. The molecule has 0 unspecified atom stereocenters.